The van der Waals surface area contributed by atoms with E-state index in [1.807, 2.05) is 0 Å². The highest BCUT2D eigenvalue weighted by Crippen LogP contribution is 2.35. The lowest BCUT2D eigenvalue weighted by atomic mass is 9.92. The molecule has 1 nitrogen and oxygen atoms in total. The van der Waals surface area contributed by atoms with Crippen molar-refractivity contribution in [1.29, 1.82) is 0 Å². The molecule has 1 saturated carbocycles. The number of rotatable bonds is 2. The molecule has 0 bridgehead atoms. The van der Waals surface area contributed by atoms with Crippen LogP contribution in [0.1, 0.15) is 47.0 Å². The summed E-state index contributed by atoms with van der Waals surface area (Å²) in [5, 5.41) is 0. The Morgan fingerprint density at radius 1 is 1.36 bits per heavy atom. The van der Waals surface area contributed by atoms with E-state index in [1.54, 1.807) is 0 Å². The molecule has 0 amide bonds. The van der Waals surface area contributed by atoms with E-state index in [1.165, 1.54) is 19.3 Å². The topological polar surface area (TPSA) is 9.23 Å². The molecular formula is C13H22O. The minimum atomic E-state index is -0.126. The van der Waals surface area contributed by atoms with E-state index in [0.29, 0.717) is 5.92 Å². The van der Waals surface area contributed by atoms with E-state index in [2.05, 4.69) is 33.6 Å². The standard InChI is InChI=1S/C13H22O/c1-6-12(14-13(3,4)5)11-9-7-8-10(11)2/h1,10-12H,7-9H2,2-5H3. The molecule has 0 heterocycles. The SMILES string of the molecule is C#CC(OC(C)(C)C)C1CCCC1C. The van der Waals surface area contributed by atoms with Gasteiger partial charge in [-0.15, -0.1) is 6.42 Å². The minimum Gasteiger partial charge on any atom is -0.360 e. The maximum absolute atomic E-state index is 5.91. The van der Waals surface area contributed by atoms with Crippen molar-refractivity contribution in [1.82, 2.24) is 0 Å². The third-order valence-corrected chi connectivity index (χ3v) is 2.96. The Morgan fingerprint density at radius 3 is 2.36 bits per heavy atom. The Hall–Kier alpha value is -0.480. The molecule has 0 aromatic heterocycles. The first-order chi connectivity index (χ1) is 6.44. The number of hydrogen-bond acceptors (Lipinski definition) is 1. The summed E-state index contributed by atoms with van der Waals surface area (Å²) in [6.07, 6.45) is 9.39. The smallest absolute Gasteiger partial charge is 0.121 e. The van der Waals surface area contributed by atoms with Gasteiger partial charge < -0.3 is 4.74 Å². The van der Waals surface area contributed by atoms with Crippen LogP contribution in [0.25, 0.3) is 0 Å². The van der Waals surface area contributed by atoms with Gasteiger partial charge >= 0.3 is 0 Å². The van der Waals surface area contributed by atoms with Gasteiger partial charge in [-0.25, -0.2) is 0 Å². The second-order valence-corrected chi connectivity index (χ2v) is 5.39. The number of hydrogen-bond donors (Lipinski definition) is 0. The lowest BCUT2D eigenvalue weighted by Crippen LogP contribution is -2.33. The molecule has 1 heteroatoms. The Balaban J connectivity index is 2.59. The summed E-state index contributed by atoms with van der Waals surface area (Å²) in [6.45, 7) is 8.49. The van der Waals surface area contributed by atoms with Gasteiger partial charge in [0.25, 0.3) is 0 Å². The van der Waals surface area contributed by atoms with E-state index >= 15 is 0 Å². The van der Waals surface area contributed by atoms with Crippen LogP contribution in [0, 0.1) is 24.2 Å². The second kappa shape index (κ2) is 4.36. The molecule has 0 spiro atoms. The van der Waals surface area contributed by atoms with Gasteiger partial charge in [0.05, 0.1) is 5.60 Å². The van der Waals surface area contributed by atoms with Crippen molar-refractivity contribution < 1.29 is 4.74 Å². The predicted octanol–water partition coefficient (Wildman–Crippen LogP) is 3.24. The van der Waals surface area contributed by atoms with Crippen LogP contribution in [0.4, 0.5) is 0 Å². The highest BCUT2D eigenvalue weighted by molar-refractivity contribution is 5.01. The van der Waals surface area contributed by atoms with Crippen LogP contribution in [0.2, 0.25) is 0 Å². The molecule has 80 valence electrons. The fourth-order valence-electron chi connectivity index (χ4n) is 2.25. The molecule has 0 saturated heterocycles. The second-order valence-electron chi connectivity index (χ2n) is 5.39. The van der Waals surface area contributed by atoms with Gasteiger partial charge in [-0.1, -0.05) is 25.7 Å². The maximum Gasteiger partial charge on any atom is 0.121 e. The summed E-state index contributed by atoms with van der Waals surface area (Å²) in [7, 11) is 0. The molecular weight excluding hydrogens is 172 g/mol. The third kappa shape index (κ3) is 3.03. The van der Waals surface area contributed by atoms with Gasteiger partial charge in [0.1, 0.15) is 6.10 Å². The summed E-state index contributed by atoms with van der Waals surface area (Å²) in [5.41, 5.74) is -0.126. The van der Waals surface area contributed by atoms with Crippen molar-refractivity contribution >= 4 is 0 Å². The van der Waals surface area contributed by atoms with E-state index in [4.69, 9.17) is 11.2 Å². The normalized spacial score (nSPS) is 29.9. The molecule has 0 radical (unpaired) electrons. The van der Waals surface area contributed by atoms with Crippen molar-refractivity contribution in [3.63, 3.8) is 0 Å². The van der Waals surface area contributed by atoms with Crippen molar-refractivity contribution in [2.24, 2.45) is 11.8 Å². The van der Waals surface area contributed by atoms with E-state index < -0.39 is 0 Å². The molecule has 0 N–H and O–H groups in total. The molecule has 14 heavy (non-hydrogen) atoms. The summed E-state index contributed by atoms with van der Waals surface area (Å²) in [5.74, 6) is 4.10. The van der Waals surface area contributed by atoms with E-state index in [9.17, 15) is 0 Å². The number of terminal acetylenes is 1. The van der Waals surface area contributed by atoms with Gasteiger partial charge in [-0.3, -0.25) is 0 Å². The van der Waals surface area contributed by atoms with Crippen LogP contribution < -0.4 is 0 Å². The third-order valence-electron chi connectivity index (χ3n) is 2.96. The summed E-state index contributed by atoms with van der Waals surface area (Å²) in [4.78, 5) is 0. The molecule has 3 unspecified atom stereocenters. The predicted molar refractivity (Wildman–Crippen MR) is 60.0 cm³/mol. The molecule has 1 rings (SSSR count). The Bertz CT molecular complexity index is 218. The van der Waals surface area contributed by atoms with Crippen molar-refractivity contribution in [3.8, 4) is 12.3 Å². The summed E-state index contributed by atoms with van der Waals surface area (Å²) < 4.78 is 5.91. The van der Waals surface area contributed by atoms with Crippen molar-refractivity contribution in [2.45, 2.75) is 58.7 Å². The van der Waals surface area contributed by atoms with Crippen LogP contribution in [0.15, 0.2) is 0 Å². The lowest BCUT2D eigenvalue weighted by Gasteiger charge is -2.30. The average Bonchev–Trinajstić information content (AvgIpc) is 2.45. The van der Waals surface area contributed by atoms with Crippen LogP contribution >= 0.6 is 0 Å². The lowest BCUT2D eigenvalue weighted by molar-refractivity contribution is -0.0624. The fourth-order valence-corrected chi connectivity index (χ4v) is 2.25. The highest BCUT2D eigenvalue weighted by atomic mass is 16.5. The average molecular weight is 194 g/mol. The minimum absolute atomic E-state index is 0.00694. The largest absolute Gasteiger partial charge is 0.360 e. The van der Waals surface area contributed by atoms with Gasteiger partial charge in [-0.05, 0) is 39.0 Å². The van der Waals surface area contributed by atoms with Crippen LogP contribution in [-0.2, 0) is 4.74 Å². The van der Waals surface area contributed by atoms with E-state index in [0.717, 1.165) is 5.92 Å². The molecule has 3 atom stereocenters. The molecule has 0 aromatic carbocycles. The van der Waals surface area contributed by atoms with Gasteiger partial charge in [0, 0.05) is 0 Å². The van der Waals surface area contributed by atoms with Gasteiger partial charge in [0.15, 0.2) is 0 Å². The van der Waals surface area contributed by atoms with Crippen molar-refractivity contribution in [3.05, 3.63) is 0 Å². The van der Waals surface area contributed by atoms with Crippen LogP contribution in [0.3, 0.4) is 0 Å². The molecule has 1 fully saturated rings. The maximum atomic E-state index is 5.91. The zero-order valence-electron chi connectivity index (χ0n) is 9.84. The Kier molecular flexibility index (Phi) is 3.61. The molecule has 1 aliphatic carbocycles. The van der Waals surface area contributed by atoms with Crippen LogP contribution in [-0.4, -0.2) is 11.7 Å². The van der Waals surface area contributed by atoms with Gasteiger partial charge in [0.2, 0.25) is 0 Å². The first-order valence-electron chi connectivity index (χ1n) is 5.58. The summed E-state index contributed by atoms with van der Waals surface area (Å²) >= 11 is 0. The molecule has 1 aliphatic rings. The molecule has 0 aromatic rings. The fraction of sp³-hybridized carbons (Fsp3) is 0.846. The Morgan fingerprint density at radius 2 is 2.00 bits per heavy atom. The summed E-state index contributed by atoms with van der Waals surface area (Å²) in [6, 6.07) is 0. The van der Waals surface area contributed by atoms with Gasteiger partial charge in [-0.2, -0.15) is 0 Å². The monoisotopic (exact) mass is 194 g/mol. The quantitative estimate of drug-likeness (QED) is 0.613. The molecule has 0 aliphatic heterocycles. The number of ether oxygens (including phenoxy) is 1. The van der Waals surface area contributed by atoms with Crippen LogP contribution in [0.5, 0.6) is 0 Å². The zero-order valence-corrected chi connectivity index (χ0v) is 9.84. The first-order valence-corrected chi connectivity index (χ1v) is 5.58. The highest BCUT2D eigenvalue weighted by Gasteiger charge is 2.32. The Labute approximate surface area is 88.2 Å². The van der Waals surface area contributed by atoms with Crippen molar-refractivity contribution in [2.75, 3.05) is 0 Å². The first kappa shape index (κ1) is 11.6. The zero-order chi connectivity index (χ0) is 10.8. The van der Waals surface area contributed by atoms with E-state index in [-0.39, 0.29) is 11.7 Å².